The first-order chi connectivity index (χ1) is 8.63. The summed E-state index contributed by atoms with van der Waals surface area (Å²) in [5.41, 5.74) is 0.321. The van der Waals surface area contributed by atoms with Gasteiger partial charge in [-0.1, -0.05) is 17.7 Å². The number of benzene rings is 1. The van der Waals surface area contributed by atoms with E-state index < -0.39 is 11.9 Å². The molecule has 0 spiro atoms. The normalized spacial score (nSPS) is 12.4. The van der Waals surface area contributed by atoms with E-state index in [1.54, 1.807) is 18.2 Å². The molecule has 2 aromatic rings. The standard InChI is InChI=1S/C13H12ClFO2S/c1-17-12-5-6-18-13(12)11(16)7-8-9(14)3-2-4-10(8)15/h2-6,11,16H,7H2,1H3. The van der Waals surface area contributed by atoms with Gasteiger partial charge in [-0.05, 0) is 23.6 Å². The van der Waals surface area contributed by atoms with Crippen LogP contribution in [0.15, 0.2) is 29.6 Å². The van der Waals surface area contributed by atoms with E-state index in [0.717, 1.165) is 0 Å². The first-order valence-electron chi connectivity index (χ1n) is 5.35. The van der Waals surface area contributed by atoms with Crippen LogP contribution in [0.1, 0.15) is 16.5 Å². The number of thiophene rings is 1. The molecule has 0 aliphatic carbocycles. The van der Waals surface area contributed by atoms with E-state index in [-0.39, 0.29) is 6.42 Å². The van der Waals surface area contributed by atoms with Gasteiger partial charge in [0.15, 0.2) is 0 Å². The Hall–Kier alpha value is -1.10. The molecular weight excluding hydrogens is 275 g/mol. The molecule has 1 heterocycles. The van der Waals surface area contributed by atoms with Crippen LogP contribution in [-0.4, -0.2) is 12.2 Å². The first-order valence-corrected chi connectivity index (χ1v) is 6.61. The zero-order valence-electron chi connectivity index (χ0n) is 9.69. The van der Waals surface area contributed by atoms with Gasteiger partial charge < -0.3 is 9.84 Å². The second kappa shape index (κ2) is 5.69. The number of rotatable bonds is 4. The summed E-state index contributed by atoms with van der Waals surface area (Å²) in [5.74, 6) is 0.206. The van der Waals surface area contributed by atoms with Crippen LogP contribution in [0.2, 0.25) is 5.02 Å². The van der Waals surface area contributed by atoms with Crippen LogP contribution in [0, 0.1) is 5.82 Å². The van der Waals surface area contributed by atoms with E-state index in [2.05, 4.69) is 0 Å². The smallest absolute Gasteiger partial charge is 0.135 e. The fraction of sp³-hybridized carbons (Fsp3) is 0.231. The predicted octanol–water partition coefficient (Wildman–Crippen LogP) is 3.83. The molecule has 2 rings (SSSR count). The highest BCUT2D eigenvalue weighted by Crippen LogP contribution is 2.34. The monoisotopic (exact) mass is 286 g/mol. The van der Waals surface area contributed by atoms with Gasteiger partial charge in [0, 0.05) is 17.0 Å². The maximum atomic E-state index is 13.6. The first kappa shape index (κ1) is 13.3. The van der Waals surface area contributed by atoms with Crippen LogP contribution >= 0.6 is 22.9 Å². The highest BCUT2D eigenvalue weighted by molar-refractivity contribution is 7.10. The van der Waals surface area contributed by atoms with E-state index in [1.165, 1.54) is 24.5 Å². The molecule has 1 aromatic heterocycles. The molecule has 5 heteroatoms. The maximum absolute atomic E-state index is 13.6. The van der Waals surface area contributed by atoms with Crippen molar-refractivity contribution in [3.05, 3.63) is 50.9 Å². The van der Waals surface area contributed by atoms with Crippen molar-refractivity contribution in [2.75, 3.05) is 7.11 Å². The van der Waals surface area contributed by atoms with Gasteiger partial charge in [0.2, 0.25) is 0 Å². The second-order valence-electron chi connectivity index (χ2n) is 3.77. The lowest BCUT2D eigenvalue weighted by atomic mass is 10.1. The van der Waals surface area contributed by atoms with Gasteiger partial charge in [0.1, 0.15) is 11.6 Å². The molecular formula is C13H12ClFO2S. The average Bonchev–Trinajstić information content (AvgIpc) is 2.82. The van der Waals surface area contributed by atoms with Gasteiger partial charge in [0.25, 0.3) is 0 Å². The van der Waals surface area contributed by atoms with E-state index in [1.807, 2.05) is 5.38 Å². The highest BCUT2D eigenvalue weighted by atomic mass is 35.5. The third-order valence-corrected chi connectivity index (χ3v) is 3.99. The molecule has 2 nitrogen and oxygen atoms in total. The number of aliphatic hydroxyl groups excluding tert-OH is 1. The van der Waals surface area contributed by atoms with Crippen LogP contribution in [0.4, 0.5) is 4.39 Å². The number of aliphatic hydroxyl groups is 1. The number of hydrogen-bond donors (Lipinski definition) is 1. The Morgan fingerprint density at radius 3 is 2.89 bits per heavy atom. The molecule has 0 fully saturated rings. The maximum Gasteiger partial charge on any atom is 0.135 e. The topological polar surface area (TPSA) is 29.5 Å². The van der Waals surface area contributed by atoms with Crippen LogP contribution in [0.25, 0.3) is 0 Å². The third kappa shape index (κ3) is 2.66. The Morgan fingerprint density at radius 1 is 1.44 bits per heavy atom. The van der Waals surface area contributed by atoms with Crippen LogP contribution in [0.3, 0.4) is 0 Å². The molecule has 96 valence electrons. The molecule has 0 aliphatic heterocycles. The molecule has 0 saturated carbocycles. The van der Waals surface area contributed by atoms with Gasteiger partial charge in [0.05, 0.1) is 18.1 Å². The third-order valence-electron chi connectivity index (χ3n) is 2.64. The predicted molar refractivity (Wildman–Crippen MR) is 70.9 cm³/mol. The molecule has 0 aliphatic rings. The second-order valence-corrected chi connectivity index (χ2v) is 5.13. The lowest BCUT2D eigenvalue weighted by molar-refractivity contribution is 0.177. The minimum absolute atomic E-state index is 0.127. The number of ether oxygens (including phenoxy) is 1. The van der Waals surface area contributed by atoms with Gasteiger partial charge in [-0.2, -0.15) is 0 Å². The fourth-order valence-electron chi connectivity index (χ4n) is 1.73. The largest absolute Gasteiger partial charge is 0.495 e. The summed E-state index contributed by atoms with van der Waals surface area (Å²) in [6, 6.07) is 6.25. The van der Waals surface area contributed by atoms with Crippen molar-refractivity contribution in [2.24, 2.45) is 0 Å². The SMILES string of the molecule is COc1ccsc1C(O)Cc1c(F)cccc1Cl. The van der Waals surface area contributed by atoms with Gasteiger partial charge in [-0.15, -0.1) is 11.3 Å². The lowest BCUT2D eigenvalue weighted by Gasteiger charge is -2.12. The van der Waals surface area contributed by atoms with Crippen LogP contribution in [-0.2, 0) is 6.42 Å². The van der Waals surface area contributed by atoms with Crippen molar-refractivity contribution < 1.29 is 14.2 Å². The molecule has 1 atom stereocenters. The van der Waals surface area contributed by atoms with Gasteiger partial charge >= 0.3 is 0 Å². The minimum Gasteiger partial charge on any atom is -0.495 e. The molecule has 0 amide bonds. The summed E-state index contributed by atoms with van der Waals surface area (Å²) >= 11 is 7.30. The summed E-state index contributed by atoms with van der Waals surface area (Å²) in [6.45, 7) is 0. The Balaban J connectivity index is 2.24. The summed E-state index contributed by atoms with van der Waals surface area (Å²) in [4.78, 5) is 0.678. The Morgan fingerprint density at radius 2 is 2.22 bits per heavy atom. The van der Waals surface area contributed by atoms with E-state index in [4.69, 9.17) is 16.3 Å². The molecule has 0 saturated heterocycles. The molecule has 1 N–H and O–H groups in total. The fourth-order valence-corrected chi connectivity index (χ4v) is 2.82. The Bertz CT molecular complexity index is 521. The number of hydrogen-bond acceptors (Lipinski definition) is 3. The van der Waals surface area contributed by atoms with Crippen molar-refractivity contribution in [2.45, 2.75) is 12.5 Å². The summed E-state index contributed by atoms with van der Waals surface area (Å²) in [5, 5.41) is 12.3. The quantitative estimate of drug-likeness (QED) is 0.926. The van der Waals surface area contributed by atoms with E-state index >= 15 is 0 Å². The van der Waals surface area contributed by atoms with Crippen molar-refractivity contribution >= 4 is 22.9 Å². The van der Waals surface area contributed by atoms with Crippen molar-refractivity contribution in [3.63, 3.8) is 0 Å². The van der Waals surface area contributed by atoms with Gasteiger partial charge in [-0.3, -0.25) is 0 Å². The van der Waals surface area contributed by atoms with E-state index in [9.17, 15) is 9.50 Å². The summed E-state index contributed by atoms with van der Waals surface area (Å²) in [7, 11) is 1.54. The zero-order valence-corrected chi connectivity index (χ0v) is 11.3. The molecule has 1 aromatic carbocycles. The van der Waals surface area contributed by atoms with Crippen molar-refractivity contribution in [1.29, 1.82) is 0 Å². The lowest BCUT2D eigenvalue weighted by Crippen LogP contribution is -2.04. The molecule has 18 heavy (non-hydrogen) atoms. The van der Waals surface area contributed by atoms with Crippen LogP contribution in [0.5, 0.6) is 5.75 Å². The number of halogens is 2. The highest BCUT2D eigenvalue weighted by Gasteiger charge is 2.18. The van der Waals surface area contributed by atoms with Gasteiger partial charge in [-0.25, -0.2) is 4.39 Å². The minimum atomic E-state index is -0.825. The zero-order chi connectivity index (χ0) is 13.1. The summed E-state index contributed by atoms with van der Waals surface area (Å²) < 4.78 is 18.7. The number of methoxy groups -OCH3 is 1. The van der Waals surface area contributed by atoms with Crippen LogP contribution < -0.4 is 4.74 Å². The van der Waals surface area contributed by atoms with Crippen molar-refractivity contribution in [3.8, 4) is 5.75 Å². The summed E-state index contributed by atoms with van der Waals surface area (Å²) in [6.07, 6.45) is -0.697. The van der Waals surface area contributed by atoms with E-state index in [0.29, 0.717) is 21.2 Å². The molecule has 0 radical (unpaired) electrons. The molecule has 1 unspecified atom stereocenters. The molecule has 0 bridgehead atoms. The Kier molecular flexibility index (Phi) is 4.22. The Labute approximate surface area is 114 Å². The van der Waals surface area contributed by atoms with Crippen molar-refractivity contribution in [1.82, 2.24) is 0 Å². The average molecular weight is 287 g/mol.